The standard InChI is InChI=1S/C10H19NO/c1-7-4-10(5-7,6-11)9(12)8-2-3-8/h7-9,12H,2-6,11H2,1H3. The molecule has 2 aliphatic rings. The summed E-state index contributed by atoms with van der Waals surface area (Å²) in [5.41, 5.74) is 5.85. The Kier molecular flexibility index (Phi) is 1.92. The molecule has 2 heteroatoms. The molecular weight excluding hydrogens is 150 g/mol. The first-order chi connectivity index (χ1) is 5.68. The van der Waals surface area contributed by atoms with Gasteiger partial charge >= 0.3 is 0 Å². The van der Waals surface area contributed by atoms with Gasteiger partial charge in [-0.2, -0.15) is 0 Å². The van der Waals surface area contributed by atoms with Crippen molar-refractivity contribution in [1.29, 1.82) is 0 Å². The van der Waals surface area contributed by atoms with Crippen molar-refractivity contribution in [3.63, 3.8) is 0 Å². The van der Waals surface area contributed by atoms with E-state index >= 15 is 0 Å². The Labute approximate surface area is 74.1 Å². The van der Waals surface area contributed by atoms with Crippen molar-refractivity contribution < 1.29 is 5.11 Å². The average molecular weight is 169 g/mol. The lowest BCUT2D eigenvalue weighted by Gasteiger charge is -2.49. The highest BCUT2D eigenvalue weighted by atomic mass is 16.3. The Bertz CT molecular complexity index is 171. The Morgan fingerprint density at radius 3 is 2.42 bits per heavy atom. The second-order valence-electron chi connectivity index (χ2n) is 4.86. The molecule has 0 bridgehead atoms. The highest BCUT2D eigenvalue weighted by Gasteiger charge is 2.51. The summed E-state index contributed by atoms with van der Waals surface area (Å²) in [6.07, 6.45) is 4.62. The van der Waals surface area contributed by atoms with Gasteiger partial charge in [0.1, 0.15) is 0 Å². The van der Waals surface area contributed by atoms with Crippen molar-refractivity contribution in [2.75, 3.05) is 6.54 Å². The van der Waals surface area contributed by atoms with Gasteiger partial charge in [0.15, 0.2) is 0 Å². The van der Waals surface area contributed by atoms with Gasteiger partial charge in [-0.3, -0.25) is 0 Å². The molecule has 0 aromatic rings. The fraction of sp³-hybridized carbons (Fsp3) is 1.00. The molecule has 0 aliphatic heterocycles. The lowest BCUT2D eigenvalue weighted by atomic mass is 9.59. The minimum atomic E-state index is -0.0984. The monoisotopic (exact) mass is 169 g/mol. The van der Waals surface area contributed by atoms with Crippen LogP contribution in [0.4, 0.5) is 0 Å². The number of aliphatic hydroxyl groups is 1. The molecule has 0 spiro atoms. The van der Waals surface area contributed by atoms with E-state index in [-0.39, 0.29) is 11.5 Å². The first-order valence-electron chi connectivity index (χ1n) is 5.06. The second kappa shape index (κ2) is 2.71. The predicted octanol–water partition coefficient (Wildman–Crippen LogP) is 1.13. The first kappa shape index (κ1) is 8.52. The van der Waals surface area contributed by atoms with Crippen molar-refractivity contribution in [3.05, 3.63) is 0 Å². The van der Waals surface area contributed by atoms with Gasteiger partial charge in [-0.25, -0.2) is 0 Å². The van der Waals surface area contributed by atoms with Gasteiger partial charge in [-0.15, -0.1) is 0 Å². The van der Waals surface area contributed by atoms with E-state index in [1.807, 2.05) is 0 Å². The molecule has 0 amide bonds. The van der Waals surface area contributed by atoms with Crippen molar-refractivity contribution in [3.8, 4) is 0 Å². The van der Waals surface area contributed by atoms with Crippen LogP contribution >= 0.6 is 0 Å². The highest BCUT2D eigenvalue weighted by molar-refractivity contribution is 5.02. The van der Waals surface area contributed by atoms with E-state index in [1.54, 1.807) is 0 Å². The van der Waals surface area contributed by atoms with Gasteiger partial charge in [0.2, 0.25) is 0 Å². The van der Waals surface area contributed by atoms with Crippen LogP contribution in [0, 0.1) is 17.3 Å². The van der Waals surface area contributed by atoms with Gasteiger partial charge in [-0.1, -0.05) is 6.92 Å². The Morgan fingerprint density at radius 2 is 2.08 bits per heavy atom. The molecule has 12 heavy (non-hydrogen) atoms. The maximum absolute atomic E-state index is 10.00. The minimum Gasteiger partial charge on any atom is -0.392 e. The van der Waals surface area contributed by atoms with Gasteiger partial charge < -0.3 is 10.8 Å². The molecule has 2 nitrogen and oxygen atoms in total. The van der Waals surface area contributed by atoms with Crippen LogP contribution < -0.4 is 5.73 Å². The Morgan fingerprint density at radius 1 is 1.50 bits per heavy atom. The summed E-state index contributed by atoms with van der Waals surface area (Å²) >= 11 is 0. The maximum atomic E-state index is 10.00. The summed E-state index contributed by atoms with van der Waals surface area (Å²) in [6.45, 7) is 2.92. The molecule has 0 heterocycles. The zero-order valence-electron chi connectivity index (χ0n) is 7.79. The number of hydrogen-bond donors (Lipinski definition) is 2. The number of rotatable bonds is 3. The van der Waals surface area contributed by atoms with Gasteiger partial charge in [-0.05, 0) is 37.5 Å². The van der Waals surface area contributed by atoms with Crippen LogP contribution in [-0.2, 0) is 0 Å². The van der Waals surface area contributed by atoms with Gasteiger partial charge in [0, 0.05) is 12.0 Å². The predicted molar refractivity (Wildman–Crippen MR) is 48.6 cm³/mol. The molecule has 2 fully saturated rings. The largest absolute Gasteiger partial charge is 0.392 e. The molecule has 1 unspecified atom stereocenters. The van der Waals surface area contributed by atoms with E-state index in [4.69, 9.17) is 5.73 Å². The molecule has 2 aliphatic carbocycles. The smallest absolute Gasteiger partial charge is 0.0636 e. The van der Waals surface area contributed by atoms with Crippen molar-refractivity contribution >= 4 is 0 Å². The number of aliphatic hydroxyl groups excluding tert-OH is 1. The summed E-state index contributed by atoms with van der Waals surface area (Å²) in [5.74, 6) is 1.36. The van der Waals surface area contributed by atoms with Crippen LogP contribution in [0.2, 0.25) is 0 Å². The topological polar surface area (TPSA) is 46.2 Å². The second-order valence-corrected chi connectivity index (χ2v) is 4.86. The van der Waals surface area contributed by atoms with Crippen LogP contribution in [0.5, 0.6) is 0 Å². The third-order valence-electron chi connectivity index (χ3n) is 3.61. The van der Waals surface area contributed by atoms with Gasteiger partial charge in [0.05, 0.1) is 6.10 Å². The number of hydrogen-bond acceptors (Lipinski definition) is 2. The van der Waals surface area contributed by atoms with Crippen LogP contribution in [-0.4, -0.2) is 17.8 Å². The third-order valence-corrected chi connectivity index (χ3v) is 3.61. The van der Waals surface area contributed by atoms with Crippen LogP contribution in [0.1, 0.15) is 32.6 Å². The lowest BCUT2D eigenvalue weighted by molar-refractivity contribution is -0.0688. The number of nitrogens with two attached hydrogens (primary N) is 1. The summed E-state index contributed by atoms with van der Waals surface area (Å²) in [6, 6.07) is 0. The molecule has 3 N–H and O–H groups in total. The van der Waals surface area contributed by atoms with Crippen molar-refractivity contribution in [2.24, 2.45) is 23.0 Å². The highest BCUT2D eigenvalue weighted by Crippen LogP contribution is 2.53. The Balaban J connectivity index is 1.97. The lowest BCUT2D eigenvalue weighted by Crippen LogP contribution is -2.51. The molecule has 0 saturated heterocycles. The average Bonchev–Trinajstić information content (AvgIpc) is 2.79. The minimum absolute atomic E-state index is 0.0984. The molecule has 2 saturated carbocycles. The Hall–Kier alpha value is -0.0800. The molecule has 0 aromatic carbocycles. The van der Waals surface area contributed by atoms with Gasteiger partial charge in [0.25, 0.3) is 0 Å². The zero-order chi connectivity index (χ0) is 8.77. The van der Waals surface area contributed by atoms with Crippen LogP contribution in [0.3, 0.4) is 0 Å². The summed E-state index contributed by atoms with van der Waals surface area (Å²) in [4.78, 5) is 0. The summed E-state index contributed by atoms with van der Waals surface area (Å²) in [5, 5.41) is 10.00. The van der Waals surface area contributed by atoms with E-state index in [0.717, 1.165) is 18.8 Å². The fourth-order valence-electron chi connectivity index (χ4n) is 2.77. The van der Waals surface area contributed by atoms with Crippen molar-refractivity contribution in [2.45, 2.75) is 38.7 Å². The van der Waals surface area contributed by atoms with E-state index in [1.165, 1.54) is 12.8 Å². The SMILES string of the molecule is CC1CC(CN)(C(O)C2CC2)C1. The quantitative estimate of drug-likeness (QED) is 0.665. The summed E-state index contributed by atoms with van der Waals surface area (Å²) < 4.78 is 0. The van der Waals surface area contributed by atoms with E-state index in [2.05, 4.69) is 6.92 Å². The maximum Gasteiger partial charge on any atom is 0.0636 e. The van der Waals surface area contributed by atoms with Crippen molar-refractivity contribution in [1.82, 2.24) is 0 Å². The molecule has 0 aromatic heterocycles. The van der Waals surface area contributed by atoms with Crippen LogP contribution in [0.15, 0.2) is 0 Å². The molecule has 70 valence electrons. The van der Waals surface area contributed by atoms with E-state index in [0.29, 0.717) is 12.5 Å². The zero-order valence-corrected chi connectivity index (χ0v) is 7.79. The molecular formula is C10H19NO. The normalized spacial score (nSPS) is 43.8. The molecule has 1 atom stereocenters. The van der Waals surface area contributed by atoms with Crippen LogP contribution in [0.25, 0.3) is 0 Å². The first-order valence-corrected chi connectivity index (χ1v) is 5.06. The fourth-order valence-corrected chi connectivity index (χ4v) is 2.77. The van der Waals surface area contributed by atoms with E-state index in [9.17, 15) is 5.11 Å². The molecule has 0 radical (unpaired) electrons. The third kappa shape index (κ3) is 1.17. The van der Waals surface area contributed by atoms with E-state index < -0.39 is 0 Å². The summed E-state index contributed by atoms with van der Waals surface area (Å²) in [7, 11) is 0. The molecule has 2 rings (SSSR count).